The third-order valence-electron chi connectivity index (χ3n) is 5.37. The Morgan fingerprint density at radius 2 is 2.14 bits per heavy atom. The first-order valence-electron chi connectivity index (χ1n) is 8.21. The molecule has 1 saturated heterocycles. The molecule has 1 fully saturated rings. The molecule has 0 amide bonds. The molecule has 0 saturated carbocycles. The van der Waals surface area contributed by atoms with Gasteiger partial charge < -0.3 is 0 Å². The first-order valence-corrected chi connectivity index (χ1v) is 14.3. The van der Waals surface area contributed by atoms with Gasteiger partial charge in [-0.05, 0) is 0 Å². The van der Waals surface area contributed by atoms with E-state index in [1.807, 2.05) is 15.1 Å². The number of thioether (sulfide) groups is 1. The predicted molar refractivity (Wildman–Crippen MR) is 95.9 cm³/mol. The Kier molecular flexibility index (Phi) is 3.91. The van der Waals surface area contributed by atoms with E-state index in [-0.39, 0.29) is 0 Å². The Morgan fingerprint density at radius 1 is 1.29 bits per heavy atom. The summed E-state index contributed by atoms with van der Waals surface area (Å²) in [6.45, 7) is 4.71. The summed E-state index contributed by atoms with van der Waals surface area (Å²) in [4.78, 5) is 0. The van der Waals surface area contributed by atoms with Crippen LogP contribution < -0.4 is 8.64 Å². The van der Waals surface area contributed by atoms with Gasteiger partial charge >= 0.3 is 140 Å². The molecule has 3 aliphatic heterocycles. The average Bonchev–Trinajstić information content (AvgIpc) is 3.18. The molecule has 0 radical (unpaired) electrons. The maximum atomic E-state index is 3.67. The van der Waals surface area contributed by atoms with Gasteiger partial charge in [0.05, 0.1) is 0 Å². The van der Waals surface area contributed by atoms with Crippen LogP contribution >= 0.6 is 11.8 Å². The second kappa shape index (κ2) is 5.73. The van der Waals surface area contributed by atoms with Gasteiger partial charge in [0.15, 0.2) is 0 Å². The van der Waals surface area contributed by atoms with E-state index in [4.69, 9.17) is 0 Å². The first-order chi connectivity index (χ1) is 10.3. The van der Waals surface area contributed by atoms with Crippen LogP contribution in [0.2, 0.25) is 0 Å². The van der Waals surface area contributed by atoms with Gasteiger partial charge in [-0.25, -0.2) is 0 Å². The monoisotopic (exact) mass is 399 g/mol. The van der Waals surface area contributed by atoms with Gasteiger partial charge in [-0.15, -0.1) is 0 Å². The van der Waals surface area contributed by atoms with Crippen molar-refractivity contribution in [3.05, 3.63) is 38.4 Å². The van der Waals surface area contributed by atoms with Gasteiger partial charge in [-0.3, -0.25) is 0 Å². The van der Waals surface area contributed by atoms with Gasteiger partial charge in [0.2, 0.25) is 0 Å². The fourth-order valence-corrected chi connectivity index (χ4v) is 16.7. The van der Waals surface area contributed by atoms with Crippen LogP contribution in [0.1, 0.15) is 44.2 Å². The van der Waals surface area contributed by atoms with E-state index in [1.54, 1.807) is 23.5 Å². The molecule has 1 nitrogen and oxygen atoms in total. The molecule has 3 heteroatoms. The Hall–Kier alpha value is -0.280. The van der Waals surface area contributed by atoms with Crippen molar-refractivity contribution in [1.82, 2.24) is 5.32 Å². The van der Waals surface area contributed by atoms with Crippen molar-refractivity contribution < 1.29 is 0 Å². The topological polar surface area (TPSA) is 12.0 Å². The van der Waals surface area contributed by atoms with E-state index in [9.17, 15) is 0 Å². The number of benzene rings is 1. The number of hydrogen-bond acceptors (Lipinski definition) is 2. The molecule has 1 aromatic rings. The molecule has 3 aliphatic rings. The maximum absolute atomic E-state index is 3.67. The summed E-state index contributed by atoms with van der Waals surface area (Å²) in [6.07, 6.45) is 6.62. The van der Waals surface area contributed by atoms with E-state index >= 15 is 0 Å². The third kappa shape index (κ3) is 2.23. The summed E-state index contributed by atoms with van der Waals surface area (Å²) in [5.74, 6) is 3.20. The molecule has 0 spiro atoms. The van der Waals surface area contributed by atoms with E-state index in [0.29, 0.717) is 0 Å². The minimum absolute atomic E-state index is 0.892. The van der Waals surface area contributed by atoms with Crippen molar-refractivity contribution in [2.75, 3.05) is 11.6 Å². The number of allylic oxidation sites excluding steroid dienone is 1. The van der Waals surface area contributed by atoms with Crippen molar-refractivity contribution in [3.63, 3.8) is 0 Å². The van der Waals surface area contributed by atoms with E-state index in [1.165, 1.54) is 25.0 Å². The summed E-state index contributed by atoms with van der Waals surface area (Å²) in [5.41, 5.74) is 4.78. The Morgan fingerprint density at radius 3 is 2.81 bits per heavy atom. The van der Waals surface area contributed by atoms with E-state index in [2.05, 4.69) is 43.4 Å². The summed E-state index contributed by atoms with van der Waals surface area (Å²) in [6, 6.07) is 7.10. The van der Waals surface area contributed by atoms with Crippen LogP contribution in [0.25, 0.3) is 9.41 Å². The van der Waals surface area contributed by atoms with Crippen molar-refractivity contribution in [3.8, 4) is 0 Å². The third-order valence-corrected chi connectivity index (χ3v) is 16.2. The van der Waals surface area contributed by atoms with Crippen LogP contribution in [0.5, 0.6) is 0 Å². The van der Waals surface area contributed by atoms with Crippen LogP contribution in [-0.2, 0) is 0 Å². The molecule has 0 aromatic heterocycles. The molecule has 4 bridgehead atoms. The van der Waals surface area contributed by atoms with Crippen molar-refractivity contribution in [2.24, 2.45) is 5.92 Å². The predicted octanol–water partition coefficient (Wildman–Crippen LogP) is 3.71. The first kappa shape index (κ1) is 14.3. The summed E-state index contributed by atoms with van der Waals surface area (Å²) >= 11 is 0.122. The van der Waals surface area contributed by atoms with E-state index < -0.39 is 21.4 Å². The SMILES string of the molecule is CCC(CC)C[C]1=Cc2c3ccc[c]2[In]1/[C]3=C1/CSCN1. The molecule has 4 rings (SSSR count). The van der Waals surface area contributed by atoms with Crippen molar-refractivity contribution in [1.29, 1.82) is 0 Å². The van der Waals surface area contributed by atoms with E-state index in [0.717, 1.165) is 11.8 Å². The molecule has 0 aliphatic carbocycles. The molecule has 21 heavy (non-hydrogen) atoms. The Bertz CT molecular complexity index is 635. The van der Waals surface area contributed by atoms with Crippen LogP contribution in [0.3, 0.4) is 0 Å². The molecule has 0 unspecified atom stereocenters. The molecule has 3 heterocycles. The summed E-state index contributed by atoms with van der Waals surface area (Å²) < 4.78 is 5.46. The number of hydrogen-bond donors (Lipinski definition) is 1. The number of nitrogens with one attached hydrogen (secondary N) is 1. The minimum atomic E-state index is -1.91. The molecule has 1 N–H and O–H groups in total. The van der Waals surface area contributed by atoms with Crippen LogP contribution in [0.15, 0.2) is 27.2 Å². The second-order valence-corrected chi connectivity index (χ2v) is 15.4. The Labute approximate surface area is 139 Å². The standard InChI is InChI=1S/C18H22NS.In/c1-3-15(4-2)8-7-11-16-9-5-6-10-17(16)12-18-13-20-14-19-18;/h5-6,10-11,15,19H,3-4,8,13-14H2,1-2H3;. The normalized spacial score (nSPS) is 22.2. The zero-order chi connectivity index (χ0) is 14.4. The second-order valence-electron chi connectivity index (χ2n) is 6.41. The van der Waals surface area contributed by atoms with Crippen LogP contribution in [0.4, 0.5) is 0 Å². The molecule has 0 atom stereocenters. The fourth-order valence-electron chi connectivity index (χ4n) is 4.14. The summed E-state index contributed by atoms with van der Waals surface area (Å²) in [7, 11) is 0. The molecule has 108 valence electrons. The van der Waals surface area contributed by atoms with Crippen LogP contribution in [0, 0.1) is 5.92 Å². The van der Waals surface area contributed by atoms with Gasteiger partial charge in [0.25, 0.3) is 0 Å². The van der Waals surface area contributed by atoms with Crippen molar-refractivity contribution in [2.45, 2.75) is 33.1 Å². The Balaban J connectivity index is 1.75. The summed E-state index contributed by atoms with van der Waals surface area (Å²) in [5, 5.41) is 3.67. The quantitative estimate of drug-likeness (QED) is 0.829. The van der Waals surface area contributed by atoms with Gasteiger partial charge in [0.1, 0.15) is 0 Å². The molecular weight excluding hydrogens is 377 g/mol. The van der Waals surface area contributed by atoms with Crippen molar-refractivity contribution >= 4 is 45.9 Å². The number of rotatable bonds is 4. The fraction of sp³-hybridized carbons (Fsp3) is 0.444. The molecular formula is C18H22InNS. The average molecular weight is 399 g/mol. The zero-order valence-electron chi connectivity index (χ0n) is 12.9. The molecule has 1 aromatic carbocycles. The van der Waals surface area contributed by atoms with Gasteiger partial charge in [0, 0.05) is 0 Å². The van der Waals surface area contributed by atoms with Gasteiger partial charge in [-0.2, -0.15) is 0 Å². The van der Waals surface area contributed by atoms with Gasteiger partial charge in [-0.1, -0.05) is 0 Å². The zero-order valence-corrected chi connectivity index (χ0v) is 17.0. The van der Waals surface area contributed by atoms with Crippen LogP contribution in [-0.4, -0.2) is 33.1 Å².